The summed E-state index contributed by atoms with van der Waals surface area (Å²) < 4.78 is 1.50. The zero-order chi connectivity index (χ0) is 17.3. The van der Waals surface area contributed by atoms with Crippen LogP contribution in [0.1, 0.15) is 65.6 Å². The molecule has 0 nitrogen and oxygen atoms in total. The van der Waals surface area contributed by atoms with Crippen LogP contribution in [0.2, 0.25) is 0 Å². The maximum absolute atomic E-state index is 2.53. The van der Waals surface area contributed by atoms with Crippen molar-refractivity contribution in [1.82, 2.24) is 0 Å². The van der Waals surface area contributed by atoms with Gasteiger partial charge < -0.3 is 24.8 Å². The van der Waals surface area contributed by atoms with E-state index in [1.165, 1.54) is 11.1 Å². The Balaban J connectivity index is 0.00000105. The number of rotatable bonds is 0. The van der Waals surface area contributed by atoms with E-state index >= 15 is 0 Å². The number of hydrogen-bond donors (Lipinski definition) is 0. The predicted octanol–water partition coefficient (Wildman–Crippen LogP) is 0.109. The van der Waals surface area contributed by atoms with Crippen molar-refractivity contribution < 1.29 is 48.0 Å². The Morgan fingerprint density at radius 1 is 0.667 bits per heavy atom. The van der Waals surface area contributed by atoms with Crippen molar-refractivity contribution in [3.63, 3.8) is 0 Å². The predicted molar refractivity (Wildman–Crippen MR) is 103 cm³/mol. The molecule has 0 N–H and O–H groups in total. The molecule has 0 unspecified atom stereocenters. The molecular formula is C24H24Cl2Zr. The fourth-order valence-corrected chi connectivity index (χ4v) is 10.3. The summed E-state index contributed by atoms with van der Waals surface area (Å²) in [5, 5.41) is 0. The van der Waals surface area contributed by atoms with Gasteiger partial charge in [0.1, 0.15) is 0 Å². The van der Waals surface area contributed by atoms with Gasteiger partial charge in [-0.2, -0.15) is 0 Å². The molecule has 5 rings (SSSR count). The van der Waals surface area contributed by atoms with E-state index in [1.807, 2.05) is 0 Å². The molecule has 2 aromatic carbocycles. The SMILES string of the molecule is CC1=Cc2c3ccc(C)c2[C@@H]1[Zr+2][C@H]1C(C)=Cc2c(ccc(C)c21)CC3.[Cl-].[Cl-]. The average Bonchev–Trinajstić information content (AvgIpc) is 3.08. The molecule has 0 amide bonds. The Morgan fingerprint density at radius 2 is 1.07 bits per heavy atom. The molecule has 0 saturated carbocycles. The maximum Gasteiger partial charge on any atom is -1.00 e. The van der Waals surface area contributed by atoms with Crippen LogP contribution in [0, 0.1) is 13.8 Å². The van der Waals surface area contributed by atoms with Crippen LogP contribution in [0.15, 0.2) is 35.4 Å². The first kappa shape index (κ1) is 21.1. The van der Waals surface area contributed by atoms with Gasteiger partial charge in [0.05, 0.1) is 0 Å². The molecule has 27 heavy (non-hydrogen) atoms. The van der Waals surface area contributed by atoms with Gasteiger partial charge in [-0.1, -0.05) is 0 Å². The molecule has 2 aliphatic carbocycles. The van der Waals surface area contributed by atoms with Crippen LogP contribution in [-0.4, -0.2) is 0 Å². The van der Waals surface area contributed by atoms with Crippen molar-refractivity contribution >= 4 is 12.2 Å². The van der Waals surface area contributed by atoms with E-state index in [-0.39, 0.29) is 24.8 Å². The standard InChI is InChI=1S/C24H24.2ClH.Zr/c1-15-11-21-17(3)5-7-19(23(21)13-15)9-10-20-8-6-18(4)22-12-16(2)14-24(20)22;;;/h5-8,11-14H,9-10H2,1-4H3;2*1H;/q;;;+2/p-2. The summed E-state index contributed by atoms with van der Waals surface area (Å²) in [5.41, 5.74) is 16.0. The van der Waals surface area contributed by atoms with Gasteiger partial charge in [-0.15, -0.1) is 0 Å². The molecular weight excluding hydrogens is 450 g/mol. The molecule has 1 aliphatic heterocycles. The second-order valence-corrected chi connectivity index (χ2v) is 11.7. The number of allylic oxidation sites excluding steroid dienone is 2. The van der Waals surface area contributed by atoms with E-state index in [2.05, 4.69) is 64.1 Å². The minimum absolute atomic E-state index is 0. The summed E-state index contributed by atoms with van der Waals surface area (Å²) in [6.07, 6.45) is 7.39. The molecule has 0 aromatic heterocycles. The Hall–Kier alpha value is -0.617. The molecule has 0 fully saturated rings. The van der Waals surface area contributed by atoms with Gasteiger partial charge in [-0.05, 0) is 0 Å². The van der Waals surface area contributed by atoms with Gasteiger partial charge in [-0.3, -0.25) is 0 Å². The third-order valence-electron chi connectivity index (χ3n) is 6.42. The van der Waals surface area contributed by atoms with Crippen molar-refractivity contribution in [2.45, 2.75) is 47.8 Å². The van der Waals surface area contributed by atoms with Crippen LogP contribution in [0.25, 0.3) is 12.2 Å². The molecule has 3 heteroatoms. The van der Waals surface area contributed by atoms with Gasteiger partial charge >= 0.3 is 163 Å². The minimum Gasteiger partial charge on any atom is -1.00 e. The summed E-state index contributed by atoms with van der Waals surface area (Å²) in [6.45, 7) is 9.43. The molecule has 8 bridgehead atoms. The third-order valence-corrected chi connectivity index (χ3v) is 11.7. The van der Waals surface area contributed by atoms with E-state index in [0.29, 0.717) is 0 Å². The Bertz CT molecular complexity index is 905. The molecule has 138 valence electrons. The van der Waals surface area contributed by atoms with E-state index < -0.39 is 23.2 Å². The number of benzene rings is 2. The van der Waals surface area contributed by atoms with Crippen molar-refractivity contribution in [3.05, 3.63) is 79.9 Å². The Labute approximate surface area is 186 Å². The summed E-state index contributed by atoms with van der Waals surface area (Å²) >= 11 is -0.679. The van der Waals surface area contributed by atoms with Gasteiger partial charge in [0.15, 0.2) is 0 Å². The Kier molecular flexibility index (Phi) is 5.99. The van der Waals surface area contributed by atoms with Crippen molar-refractivity contribution in [2.24, 2.45) is 0 Å². The summed E-state index contributed by atoms with van der Waals surface area (Å²) in [5.74, 6) is 0. The first-order valence-corrected chi connectivity index (χ1v) is 12.3. The first-order valence-electron chi connectivity index (χ1n) is 9.42. The van der Waals surface area contributed by atoms with E-state index in [4.69, 9.17) is 0 Å². The fourth-order valence-electron chi connectivity index (χ4n) is 5.07. The normalized spacial score (nSPS) is 20.9. The summed E-state index contributed by atoms with van der Waals surface area (Å²) in [6, 6.07) is 9.55. The Morgan fingerprint density at radius 3 is 1.48 bits per heavy atom. The molecule has 1 heterocycles. The van der Waals surface area contributed by atoms with Crippen LogP contribution >= 0.6 is 0 Å². The van der Waals surface area contributed by atoms with Gasteiger partial charge in [0.2, 0.25) is 0 Å². The molecule has 2 aromatic rings. The van der Waals surface area contributed by atoms with Crippen LogP contribution in [0.3, 0.4) is 0 Å². The van der Waals surface area contributed by atoms with E-state index in [0.717, 1.165) is 20.1 Å². The van der Waals surface area contributed by atoms with E-state index in [1.54, 1.807) is 44.5 Å². The number of hydrogen-bond acceptors (Lipinski definition) is 0. The zero-order valence-corrected chi connectivity index (χ0v) is 20.3. The zero-order valence-electron chi connectivity index (χ0n) is 16.3. The van der Waals surface area contributed by atoms with Gasteiger partial charge in [0, 0.05) is 0 Å². The van der Waals surface area contributed by atoms with E-state index in [9.17, 15) is 0 Å². The van der Waals surface area contributed by atoms with Gasteiger partial charge in [-0.25, -0.2) is 0 Å². The molecule has 0 saturated heterocycles. The average molecular weight is 475 g/mol. The van der Waals surface area contributed by atoms with Gasteiger partial charge in [0.25, 0.3) is 0 Å². The monoisotopic (exact) mass is 472 g/mol. The van der Waals surface area contributed by atoms with Crippen LogP contribution < -0.4 is 24.8 Å². The first-order chi connectivity index (χ1) is 12.0. The van der Waals surface area contributed by atoms with Crippen molar-refractivity contribution in [3.8, 4) is 0 Å². The summed E-state index contributed by atoms with van der Waals surface area (Å²) in [7, 11) is 0. The fraction of sp³-hybridized carbons (Fsp3) is 0.333. The molecule has 0 spiro atoms. The van der Waals surface area contributed by atoms with Crippen molar-refractivity contribution in [1.29, 1.82) is 0 Å². The summed E-state index contributed by atoms with van der Waals surface area (Å²) in [4.78, 5) is 0. The largest absolute Gasteiger partial charge is 1.00 e. The third kappa shape index (κ3) is 3.15. The quantitative estimate of drug-likeness (QED) is 0.509. The number of halogens is 2. The van der Waals surface area contributed by atoms with Crippen LogP contribution in [0.4, 0.5) is 0 Å². The van der Waals surface area contributed by atoms with Crippen molar-refractivity contribution in [2.75, 3.05) is 0 Å². The smallest absolute Gasteiger partial charge is 1.00 e. The minimum atomic E-state index is -0.679. The maximum atomic E-state index is 2.53. The molecule has 3 aliphatic rings. The number of aryl methyl sites for hydroxylation is 4. The van der Waals surface area contributed by atoms with Crippen LogP contribution in [-0.2, 0) is 36.1 Å². The second kappa shape index (κ2) is 7.66. The second-order valence-electron chi connectivity index (χ2n) is 8.05. The topological polar surface area (TPSA) is 0 Å². The molecule has 2 atom stereocenters. The molecule has 0 radical (unpaired) electrons. The van der Waals surface area contributed by atoms with Crippen LogP contribution in [0.5, 0.6) is 0 Å².